The summed E-state index contributed by atoms with van der Waals surface area (Å²) in [6, 6.07) is 11.6. The fourth-order valence-corrected chi connectivity index (χ4v) is 9.04. The van der Waals surface area contributed by atoms with Crippen LogP contribution in [0.25, 0.3) is 0 Å². The number of ether oxygens (including phenoxy) is 1. The zero-order valence-electron chi connectivity index (χ0n) is 28.2. The molecule has 0 aromatic heterocycles. The predicted molar refractivity (Wildman–Crippen MR) is 195 cm³/mol. The molecule has 13 nitrogen and oxygen atoms in total. The number of urea groups is 1. The van der Waals surface area contributed by atoms with Gasteiger partial charge in [0.2, 0.25) is 11.8 Å². The number of fused-ring (bicyclic) bond motifs is 1. The molecule has 0 bridgehead atoms. The molecule has 4 amide bonds. The van der Waals surface area contributed by atoms with Crippen molar-refractivity contribution < 1.29 is 29.0 Å². The number of rotatable bonds is 8. The first kappa shape index (κ1) is 36.4. The Hall–Kier alpha value is -3.40. The Morgan fingerprint density at radius 3 is 2.30 bits per heavy atom. The first-order valence-corrected chi connectivity index (χ1v) is 18.8. The Morgan fingerprint density at radius 2 is 1.62 bits per heavy atom. The number of nitrogens with zero attached hydrogens (tertiary/aromatic N) is 5. The maximum absolute atomic E-state index is 14.3. The Morgan fingerprint density at radius 1 is 0.960 bits per heavy atom. The average molecular weight is 820 g/mol. The number of piperidine rings is 2. The molecule has 50 heavy (non-hydrogen) atoms. The molecule has 4 N–H and O–H groups in total. The number of para-hydroxylation sites is 1. The molecule has 3 fully saturated rings. The van der Waals surface area contributed by atoms with E-state index in [1.165, 1.54) is 0 Å². The van der Waals surface area contributed by atoms with Crippen molar-refractivity contribution in [2.24, 2.45) is 5.92 Å². The van der Waals surface area contributed by atoms with E-state index in [1.807, 2.05) is 41.3 Å². The first-order valence-electron chi connectivity index (χ1n) is 17.3. The van der Waals surface area contributed by atoms with E-state index in [2.05, 4.69) is 54.0 Å². The number of hydrogen-bond acceptors (Lipinski definition) is 8. The third kappa shape index (κ3) is 8.38. The molecule has 0 saturated carbocycles. The minimum Gasteiger partial charge on any atom is -0.450 e. The van der Waals surface area contributed by atoms with E-state index >= 15 is 0 Å². The molecular formula is C35H45Br2N7O6. The van der Waals surface area contributed by atoms with Crippen molar-refractivity contribution in [2.75, 3.05) is 63.9 Å². The Bertz CT molecular complexity index is 1570. The third-order valence-corrected chi connectivity index (χ3v) is 11.9. The van der Waals surface area contributed by atoms with Gasteiger partial charge < -0.3 is 40.5 Å². The van der Waals surface area contributed by atoms with Crippen LogP contribution in [0.1, 0.15) is 43.2 Å². The van der Waals surface area contributed by atoms with Crippen LogP contribution in [0.4, 0.5) is 21.0 Å². The lowest BCUT2D eigenvalue weighted by Crippen LogP contribution is -2.61. The molecule has 15 heteroatoms. The molecular weight excluding hydrogens is 774 g/mol. The van der Waals surface area contributed by atoms with Crippen LogP contribution >= 0.6 is 31.9 Å². The number of amides is 4. The summed E-state index contributed by atoms with van der Waals surface area (Å²) in [5, 5.41) is 12.6. The topological polar surface area (TPSA) is 152 Å². The van der Waals surface area contributed by atoms with Crippen molar-refractivity contribution in [3.05, 3.63) is 56.5 Å². The Kier molecular flexibility index (Phi) is 11.6. The summed E-state index contributed by atoms with van der Waals surface area (Å²) in [6.45, 7) is 4.33. The molecule has 0 radical (unpaired) electrons. The van der Waals surface area contributed by atoms with Crippen molar-refractivity contribution in [2.45, 2.75) is 63.4 Å². The minimum atomic E-state index is -1.37. The molecule has 0 spiro atoms. The molecule has 2 aromatic carbocycles. The molecule has 0 aliphatic carbocycles. The van der Waals surface area contributed by atoms with Crippen LogP contribution in [-0.2, 0) is 27.3 Å². The lowest BCUT2D eigenvalue weighted by Gasteiger charge is -2.46. The van der Waals surface area contributed by atoms with Gasteiger partial charge in [0.25, 0.3) is 0 Å². The van der Waals surface area contributed by atoms with E-state index in [4.69, 9.17) is 10.5 Å². The molecule has 2 atom stereocenters. The van der Waals surface area contributed by atoms with Gasteiger partial charge in [0, 0.05) is 65.9 Å². The zero-order valence-corrected chi connectivity index (χ0v) is 31.4. The number of nitrogens with one attached hydrogen (secondary N) is 1. The van der Waals surface area contributed by atoms with E-state index in [9.17, 15) is 24.3 Å². The lowest BCUT2D eigenvalue weighted by atomic mass is 9.92. The van der Waals surface area contributed by atoms with Gasteiger partial charge in [-0.15, -0.1) is 0 Å². The van der Waals surface area contributed by atoms with Crippen LogP contribution in [-0.4, -0.2) is 125 Å². The van der Waals surface area contributed by atoms with Gasteiger partial charge in [0.1, 0.15) is 0 Å². The summed E-state index contributed by atoms with van der Waals surface area (Å²) in [5.74, 6) is -1.01. The summed E-state index contributed by atoms with van der Waals surface area (Å²) in [4.78, 5) is 62.6. The van der Waals surface area contributed by atoms with Crippen molar-refractivity contribution >= 4 is 67.2 Å². The minimum absolute atomic E-state index is 0.000316. The van der Waals surface area contributed by atoms with Gasteiger partial charge in [-0.2, -0.15) is 0 Å². The second-order valence-electron chi connectivity index (χ2n) is 13.8. The maximum Gasteiger partial charge on any atom is 0.507 e. The number of carbonyl (C=O) groups excluding carboxylic acids is 3. The fourth-order valence-electron chi connectivity index (χ4n) is 7.76. The average Bonchev–Trinajstić information content (AvgIpc) is 3.10. The van der Waals surface area contributed by atoms with Crippen molar-refractivity contribution in [1.29, 1.82) is 0 Å². The number of likely N-dealkylation sites (tertiary alicyclic amines) is 2. The number of halogens is 2. The van der Waals surface area contributed by atoms with Crippen LogP contribution in [0.15, 0.2) is 45.3 Å². The molecule has 2 aromatic rings. The standard InChI is InChI=1S/C35H45Br2N7O6/c1-40-10-6-25(7-11-40)43-15-14-42(21-31(43)50-35(48)49)33(46)24(16-22-17-27(36)32(38)28(37)18-22)19-30(45)41-12-8-26(9-13-41)44-20-23-4-2-3-5-29(23)39-34(44)47/h2-5,17-18,24-26,31H,6-16,19-21,38H2,1H3,(H,39,47)(H,48,49). The number of anilines is 2. The number of carbonyl (C=O) groups is 4. The largest absolute Gasteiger partial charge is 0.507 e. The van der Waals surface area contributed by atoms with Crippen molar-refractivity contribution in [3.8, 4) is 0 Å². The Labute approximate surface area is 309 Å². The molecule has 2 unspecified atom stereocenters. The van der Waals surface area contributed by atoms with Gasteiger partial charge in [-0.05, 0) is 113 Å². The third-order valence-electron chi connectivity index (χ3n) is 10.6. The maximum atomic E-state index is 14.3. The summed E-state index contributed by atoms with van der Waals surface area (Å²) in [7, 11) is 2.08. The highest BCUT2D eigenvalue weighted by molar-refractivity contribution is 9.11. The highest BCUT2D eigenvalue weighted by atomic mass is 79.9. The van der Waals surface area contributed by atoms with Crippen LogP contribution in [0.2, 0.25) is 0 Å². The molecule has 270 valence electrons. The zero-order chi connectivity index (χ0) is 35.5. The SMILES string of the molecule is CN1CCC(N2CCN(C(=O)C(CC(=O)N3CCC(N4Cc5ccccc5NC4=O)CC3)Cc3cc(Br)c(N)c(Br)c3)CC2OC(=O)O)CC1. The number of hydrogen-bond donors (Lipinski definition) is 3. The van der Waals surface area contributed by atoms with E-state index in [0.717, 1.165) is 42.7 Å². The monoisotopic (exact) mass is 817 g/mol. The molecule has 4 aliphatic heterocycles. The molecule has 4 heterocycles. The lowest BCUT2D eigenvalue weighted by molar-refractivity contribution is -0.152. The molecule has 4 aliphatic rings. The number of benzene rings is 2. The van der Waals surface area contributed by atoms with Crippen LogP contribution < -0.4 is 11.1 Å². The molecule has 6 rings (SSSR count). The van der Waals surface area contributed by atoms with Gasteiger partial charge in [-0.3, -0.25) is 14.5 Å². The normalized spacial score (nSPS) is 21.8. The Balaban J connectivity index is 1.14. The van der Waals surface area contributed by atoms with Gasteiger partial charge in [0.05, 0.1) is 18.2 Å². The quantitative estimate of drug-likeness (QED) is 0.256. The first-order chi connectivity index (χ1) is 24.0. The van der Waals surface area contributed by atoms with E-state index < -0.39 is 18.3 Å². The van der Waals surface area contributed by atoms with Crippen molar-refractivity contribution in [3.63, 3.8) is 0 Å². The van der Waals surface area contributed by atoms with Crippen LogP contribution in [0.3, 0.4) is 0 Å². The highest BCUT2D eigenvalue weighted by Gasteiger charge is 2.40. The fraction of sp³-hybridized carbons (Fsp3) is 0.543. The number of piperazine rings is 1. The van der Waals surface area contributed by atoms with Gasteiger partial charge in [-0.1, -0.05) is 18.2 Å². The number of nitrogens with two attached hydrogens (primary N) is 1. The van der Waals surface area contributed by atoms with Gasteiger partial charge in [-0.25, -0.2) is 9.59 Å². The van der Waals surface area contributed by atoms with Gasteiger partial charge in [0.15, 0.2) is 6.23 Å². The number of carboxylic acid groups (broad SMARTS) is 1. The summed E-state index contributed by atoms with van der Waals surface area (Å²) < 4.78 is 6.75. The van der Waals surface area contributed by atoms with Crippen molar-refractivity contribution in [1.82, 2.24) is 24.5 Å². The second kappa shape index (κ2) is 15.9. The highest BCUT2D eigenvalue weighted by Crippen LogP contribution is 2.33. The summed E-state index contributed by atoms with van der Waals surface area (Å²) in [6.07, 6.45) is 1.22. The second-order valence-corrected chi connectivity index (χ2v) is 15.5. The van der Waals surface area contributed by atoms with Crippen LogP contribution in [0, 0.1) is 5.92 Å². The predicted octanol–water partition coefficient (Wildman–Crippen LogP) is 4.64. The van der Waals surface area contributed by atoms with Gasteiger partial charge >= 0.3 is 12.2 Å². The van der Waals surface area contributed by atoms with E-state index in [0.29, 0.717) is 66.6 Å². The van der Waals surface area contributed by atoms with E-state index in [1.54, 1.807) is 9.80 Å². The number of nitrogen functional groups attached to an aromatic ring is 1. The van der Waals surface area contributed by atoms with E-state index in [-0.39, 0.29) is 42.9 Å². The van der Waals surface area contributed by atoms with Crippen LogP contribution in [0.5, 0.6) is 0 Å². The molecule has 3 saturated heterocycles. The smallest absolute Gasteiger partial charge is 0.450 e. The summed E-state index contributed by atoms with van der Waals surface area (Å²) >= 11 is 7.01. The summed E-state index contributed by atoms with van der Waals surface area (Å²) in [5.41, 5.74) is 9.42.